The summed E-state index contributed by atoms with van der Waals surface area (Å²) in [6, 6.07) is 20.9. The van der Waals surface area contributed by atoms with Gasteiger partial charge in [0.05, 0.1) is 13.3 Å². The molecule has 0 saturated heterocycles. The van der Waals surface area contributed by atoms with Gasteiger partial charge >= 0.3 is 5.97 Å². The number of carbonyl (C=O) groups is 2. The summed E-state index contributed by atoms with van der Waals surface area (Å²) >= 11 is 0. The second-order valence-corrected chi connectivity index (χ2v) is 8.10. The molecule has 7 nitrogen and oxygen atoms in total. The standard InChI is InChI=1S/C27H22N2O5/c1-32-27(31)23-9-5-8-22(29-23)24-15-28-26(34-24)25(30)20-12-18-10-11-21(14-19(18)13-20)33-16-17-6-3-2-4-7-17/h2-11,14-15,20H,12-13,16H2,1H3/t20-/m1/s1. The average molecular weight is 454 g/mol. The van der Waals surface area contributed by atoms with Gasteiger partial charge in [-0.05, 0) is 53.8 Å². The van der Waals surface area contributed by atoms with Gasteiger partial charge in [0, 0.05) is 5.92 Å². The molecule has 4 aromatic rings. The molecule has 0 spiro atoms. The van der Waals surface area contributed by atoms with Gasteiger partial charge in [-0.25, -0.2) is 14.8 Å². The molecule has 1 aliphatic rings. The van der Waals surface area contributed by atoms with Crippen LogP contribution in [-0.4, -0.2) is 28.8 Å². The molecule has 1 aliphatic carbocycles. The first-order valence-electron chi connectivity index (χ1n) is 10.9. The van der Waals surface area contributed by atoms with Gasteiger partial charge in [-0.15, -0.1) is 0 Å². The minimum Gasteiger partial charge on any atom is -0.489 e. The Morgan fingerprint density at radius 2 is 1.82 bits per heavy atom. The number of nitrogens with zero attached hydrogens (tertiary/aromatic N) is 2. The highest BCUT2D eigenvalue weighted by Crippen LogP contribution is 2.32. The van der Waals surface area contributed by atoms with E-state index in [1.165, 1.54) is 13.3 Å². The van der Waals surface area contributed by atoms with Crippen molar-refractivity contribution >= 4 is 11.8 Å². The fraction of sp³-hybridized carbons (Fsp3) is 0.185. The summed E-state index contributed by atoms with van der Waals surface area (Å²) in [6.07, 6.45) is 2.68. The SMILES string of the molecule is COC(=O)c1cccc(-c2cnc(C(=O)[C@@H]3Cc4ccc(OCc5ccccc5)cc4C3)o2)n1. The second-order valence-electron chi connectivity index (χ2n) is 8.10. The quantitative estimate of drug-likeness (QED) is 0.295. The first kappa shape index (κ1) is 21.6. The Morgan fingerprint density at radius 3 is 2.65 bits per heavy atom. The van der Waals surface area contributed by atoms with Crippen LogP contribution in [-0.2, 0) is 24.2 Å². The Bertz CT molecular complexity index is 1350. The summed E-state index contributed by atoms with van der Waals surface area (Å²) in [5, 5.41) is 0. The van der Waals surface area contributed by atoms with E-state index >= 15 is 0 Å². The van der Waals surface area contributed by atoms with E-state index in [1.807, 2.05) is 48.5 Å². The van der Waals surface area contributed by atoms with Crippen LogP contribution in [0.15, 0.2) is 77.3 Å². The van der Waals surface area contributed by atoms with Gasteiger partial charge in [0.15, 0.2) is 5.76 Å². The lowest BCUT2D eigenvalue weighted by molar-refractivity contribution is 0.0594. The Kier molecular flexibility index (Phi) is 5.91. The molecular weight excluding hydrogens is 432 g/mol. The number of fused-ring (bicyclic) bond motifs is 1. The normalized spacial score (nSPS) is 14.4. The molecule has 0 N–H and O–H groups in total. The highest BCUT2D eigenvalue weighted by molar-refractivity contribution is 5.95. The van der Waals surface area contributed by atoms with Crippen LogP contribution in [0.3, 0.4) is 0 Å². The molecule has 34 heavy (non-hydrogen) atoms. The van der Waals surface area contributed by atoms with Crippen molar-refractivity contribution in [1.82, 2.24) is 9.97 Å². The van der Waals surface area contributed by atoms with E-state index in [0.717, 1.165) is 22.4 Å². The topological polar surface area (TPSA) is 91.5 Å². The zero-order valence-electron chi connectivity index (χ0n) is 18.6. The number of esters is 1. The molecule has 2 aromatic heterocycles. The van der Waals surface area contributed by atoms with E-state index in [0.29, 0.717) is 30.9 Å². The van der Waals surface area contributed by atoms with Gasteiger partial charge in [-0.1, -0.05) is 42.5 Å². The maximum Gasteiger partial charge on any atom is 0.356 e. The lowest BCUT2D eigenvalue weighted by Crippen LogP contribution is -2.15. The van der Waals surface area contributed by atoms with E-state index in [9.17, 15) is 9.59 Å². The van der Waals surface area contributed by atoms with E-state index in [4.69, 9.17) is 13.9 Å². The lowest BCUT2D eigenvalue weighted by Gasteiger charge is -2.08. The fourth-order valence-corrected chi connectivity index (χ4v) is 4.08. The number of aromatic nitrogens is 2. The Morgan fingerprint density at radius 1 is 1.00 bits per heavy atom. The zero-order valence-corrected chi connectivity index (χ0v) is 18.6. The summed E-state index contributed by atoms with van der Waals surface area (Å²) in [6.45, 7) is 0.492. The molecule has 0 bridgehead atoms. The lowest BCUT2D eigenvalue weighted by atomic mass is 10.0. The predicted molar refractivity (Wildman–Crippen MR) is 124 cm³/mol. The summed E-state index contributed by atoms with van der Waals surface area (Å²) in [7, 11) is 1.29. The van der Waals surface area contributed by atoms with E-state index in [2.05, 4.69) is 9.97 Å². The van der Waals surface area contributed by atoms with Gasteiger partial charge < -0.3 is 13.9 Å². The molecular formula is C27H22N2O5. The Hall–Kier alpha value is -4.26. The van der Waals surface area contributed by atoms with Gasteiger partial charge in [-0.3, -0.25) is 4.79 Å². The first-order valence-corrected chi connectivity index (χ1v) is 10.9. The Balaban J connectivity index is 1.26. The molecule has 5 rings (SSSR count). The number of benzene rings is 2. The second kappa shape index (κ2) is 9.31. The maximum atomic E-state index is 13.1. The van der Waals surface area contributed by atoms with Crippen LogP contribution < -0.4 is 4.74 Å². The molecule has 0 unspecified atom stereocenters. The number of pyridine rings is 1. The van der Waals surface area contributed by atoms with E-state index in [1.54, 1.807) is 18.2 Å². The van der Waals surface area contributed by atoms with Crippen LogP contribution in [0.4, 0.5) is 0 Å². The van der Waals surface area contributed by atoms with Crippen molar-refractivity contribution in [3.8, 4) is 17.2 Å². The van der Waals surface area contributed by atoms with Crippen LogP contribution in [0, 0.1) is 5.92 Å². The van der Waals surface area contributed by atoms with Crippen LogP contribution in [0.25, 0.3) is 11.5 Å². The Labute approximate surface area is 196 Å². The van der Waals surface area contributed by atoms with Crippen LogP contribution in [0.1, 0.15) is 37.9 Å². The molecule has 0 saturated carbocycles. The minimum absolute atomic E-state index is 0.0404. The molecule has 0 aliphatic heterocycles. The molecule has 1 atom stereocenters. The molecule has 0 amide bonds. The monoisotopic (exact) mass is 454 g/mol. The molecule has 2 aromatic carbocycles. The van der Waals surface area contributed by atoms with Gasteiger partial charge in [-0.2, -0.15) is 0 Å². The number of Topliss-reactive ketones (excluding diaryl/α,β-unsaturated/α-hetero) is 1. The van der Waals surface area contributed by atoms with Crippen molar-refractivity contribution in [3.05, 3.63) is 101 Å². The summed E-state index contributed by atoms with van der Waals surface area (Å²) in [5.41, 5.74) is 3.89. The molecule has 0 radical (unpaired) electrons. The molecule has 170 valence electrons. The van der Waals surface area contributed by atoms with Crippen molar-refractivity contribution in [2.75, 3.05) is 7.11 Å². The van der Waals surface area contributed by atoms with Crippen LogP contribution in [0.5, 0.6) is 5.75 Å². The van der Waals surface area contributed by atoms with Crippen LogP contribution >= 0.6 is 0 Å². The van der Waals surface area contributed by atoms with Crippen LogP contribution in [0.2, 0.25) is 0 Å². The van der Waals surface area contributed by atoms with E-state index < -0.39 is 5.97 Å². The largest absolute Gasteiger partial charge is 0.489 e. The summed E-state index contributed by atoms with van der Waals surface area (Å²) in [5.74, 6) is 0.192. The summed E-state index contributed by atoms with van der Waals surface area (Å²) in [4.78, 5) is 33.2. The molecule has 0 fully saturated rings. The number of ether oxygens (including phenoxy) is 2. The summed E-state index contributed by atoms with van der Waals surface area (Å²) < 4.78 is 16.4. The fourth-order valence-electron chi connectivity index (χ4n) is 4.08. The number of hydrogen-bond donors (Lipinski definition) is 0. The number of ketones is 1. The van der Waals surface area contributed by atoms with Crippen molar-refractivity contribution in [2.45, 2.75) is 19.4 Å². The smallest absolute Gasteiger partial charge is 0.356 e. The number of hydrogen-bond acceptors (Lipinski definition) is 7. The first-order chi connectivity index (χ1) is 16.6. The minimum atomic E-state index is -0.548. The van der Waals surface area contributed by atoms with Crippen molar-refractivity contribution in [2.24, 2.45) is 5.92 Å². The van der Waals surface area contributed by atoms with E-state index in [-0.39, 0.29) is 23.3 Å². The number of methoxy groups -OCH3 is 1. The third-order valence-electron chi connectivity index (χ3n) is 5.84. The predicted octanol–water partition coefficient (Wildman–Crippen LogP) is 4.70. The third kappa shape index (κ3) is 4.45. The number of carbonyl (C=O) groups excluding carboxylic acids is 2. The highest BCUT2D eigenvalue weighted by Gasteiger charge is 2.31. The zero-order chi connectivity index (χ0) is 23.5. The number of rotatable bonds is 7. The van der Waals surface area contributed by atoms with Gasteiger partial charge in [0.25, 0.3) is 5.89 Å². The van der Waals surface area contributed by atoms with Crippen molar-refractivity contribution < 1.29 is 23.5 Å². The molecule has 7 heteroatoms. The maximum absolute atomic E-state index is 13.1. The molecule has 2 heterocycles. The highest BCUT2D eigenvalue weighted by atomic mass is 16.5. The van der Waals surface area contributed by atoms with Crippen molar-refractivity contribution in [3.63, 3.8) is 0 Å². The average Bonchev–Trinajstić information content (AvgIpc) is 3.55. The van der Waals surface area contributed by atoms with Gasteiger partial charge in [0.2, 0.25) is 5.78 Å². The third-order valence-corrected chi connectivity index (χ3v) is 5.84. The number of oxazole rings is 1. The van der Waals surface area contributed by atoms with Crippen molar-refractivity contribution in [1.29, 1.82) is 0 Å². The van der Waals surface area contributed by atoms with Gasteiger partial charge in [0.1, 0.15) is 23.7 Å².